The third-order valence-corrected chi connectivity index (χ3v) is 8.02. The number of carbonyl (C=O) groups excluding carboxylic acids is 4. The summed E-state index contributed by atoms with van der Waals surface area (Å²) in [7, 11) is 0. The Morgan fingerprint density at radius 3 is 2.20 bits per heavy atom. The fraction of sp³-hybridized carbons (Fsp3) is 0.636. The normalized spacial score (nSPS) is 26.6. The maximum Gasteiger partial charge on any atom is 0.350 e. The van der Waals surface area contributed by atoms with E-state index in [1.165, 1.54) is 6.92 Å². The summed E-state index contributed by atoms with van der Waals surface area (Å²) in [5.74, 6) is -1.54. The molecule has 3 aliphatic rings. The summed E-state index contributed by atoms with van der Waals surface area (Å²) in [6.07, 6.45) is 3.93. The molecule has 3 saturated heterocycles. The van der Waals surface area contributed by atoms with Gasteiger partial charge in [-0.25, -0.2) is 14.4 Å². The molecule has 13 heteroatoms. The van der Waals surface area contributed by atoms with Crippen LogP contribution in [0, 0.1) is 12.3 Å². The van der Waals surface area contributed by atoms with Crippen molar-refractivity contribution in [3.8, 4) is 12.3 Å². The highest BCUT2D eigenvalue weighted by Gasteiger charge is 2.66. The van der Waals surface area contributed by atoms with Crippen molar-refractivity contribution in [1.82, 2.24) is 0 Å². The maximum atomic E-state index is 13.6. The van der Waals surface area contributed by atoms with Crippen LogP contribution in [0.1, 0.15) is 59.9 Å². The predicted octanol–water partition coefficient (Wildman–Crippen LogP) is 2.45. The first kappa shape index (κ1) is 35.2. The molecule has 3 aliphatic heterocycles. The second-order valence-electron chi connectivity index (χ2n) is 11.6. The average Bonchev–Trinajstić information content (AvgIpc) is 3.68. The molecule has 0 unspecified atom stereocenters. The van der Waals surface area contributed by atoms with E-state index in [9.17, 15) is 19.2 Å². The fourth-order valence-electron chi connectivity index (χ4n) is 6.06. The molecule has 252 valence electrons. The van der Waals surface area contributed by atoms with E-state index in [2.05, 4.69) is 5.92 Å². The third kappa shape index (κ3) is 7.00. The van der Waals surface area contributed by atoms with Crippen LogP contribution in [0.4, 0.5) is 5.69 Å². The minimum atomic E-state index is -2.28. The van der Waals surface area contributed by atoms with Crippen molar-refractivity contribution >= 4 is 29.6 Å². The van der Waals surface area contributed by atoms with E-state index >= 15 is 0 Å². The van der Waals surface area contributed by atoms with Crippen molar-refractivity contribution < 1.29 is 57.1 Å². The Kier molecular flexibility index (Phi) is 11.0. The number of hydrogen-bond acceptors (Lipinski definition) is 13. The van der Waals surface area contributed by atoms with Gasteiger partial charge in [-0.05, 0) is 65.2 Å². The molecule has 3 fully saturated rings. The van der Waals surface area contributed by atoms with Gasteiger partial charge in [0.05, 0.1) is 26.4 Å². The van der Waals surface area contributed by atoms with Crippen molar-refractivity contribution in [2.75, 3.05) is 37.9 Å². The van der Waals surface area contributed by atoms with Crippen LogP contribution in [0.15, 0.2) is 24.3 Å². The highest BCUT2D eigenvalue weighted by Crippen LogP contribution is 2.45. The molecule has 0 saturated carbocycles. The van der Waals surface area contributed by atoms with Gasteiger partial charge >= 0.3 is 23.9 Å². The van der Waals surface area contributed by atoms with Crippen molar-refractivity contribution in [3.63, 3.8) is 0 Å². The molecule has 1 aromatic carbocycles. The van der Waals surface area contributed by atoms with Crippen molar-refractivity contribution in [2.24, 2.45) is 0 Å². The van der Waals surface area contributed by atoms with Gasteiger partial charge in [-0.3, -0.25) is 4.79 Å². The Labute approximate surface area is 269 Å². The van der Waals surface area contributed by atoms with E-state index in [4.69, 9.17) is 44.3 Å². The van der Waals surface area contributed by atoms with E-state index in [-0.39, 0.29) is 25.6 Å². The summed E-state index contributed by atoms with van der Waals surface area (Å²) in [6.45, 7) is 9.85. The summed E-state index contributed by atoms with van der Waals surface area (Å²) >= 11 is 0. The van der Waals surface area contributed by atoms with Gasteiger partial charge in [0.25, 0.3) is 5.60 Å². The van der Waals surface area contributed by atoms with Gasteiger partial charge in [0, 0.05) is 25.6 Å². The van der Waals surface area contributed by atoms with E-state index < -0.39 is 66.0 Å². The molecule has 0 radical (unpaired) electrons. The van der Waals surface area contributed by atoms with Gasteiger partial charge in [0.1, 0.15) is 12.1 Å². The standard InChI is InChI=1S/C33H43NO12/c1-8-32(44-21(5)35)25(43-28-26(32)45-31(6,7)46-28)20-42-33(29(37)40-10-3,30(38)41-11-4)19-22-14-16-23(17-15-22)34-18-12-13-24(34)27(36)39-9-2/h1,14-17,24-26,28H,9-13,18-20H2,2-7H3/t24-,25+,26-,28+,32+/m0/s1. The molecule has 5 atom stereocenters. The highest BCUT2D eigenvalue weighted by atomic mass is 16.8. The first-order valence-electron chi connectivity index (χ1n) is 15.5. The second-order valence-corrected chi connectivity index (χ2v) is 11.6. The van der Waals surface area contributed by atoms with E-state index in [0.29, 0.717) is 25.1 Å². The Morgan fingerprint density at radius 2 is 1.63 bits per heavy atom. The number of fused-ring (bicyclic) bond motifs is 1. The highest BCUT2D eigenvalue weighted by molar-refractivity contribution is 6.04. The molecule has 3 heterocycles. The van der Waals surface area contributed by atoms with E-state index in [1.54, 1.807) is 58.9 Å². The lowest BCUT2D eigenvalue weighted by molar-refractivity contribution is -0.239. The number of terminal acetylenes is 1. The average molecular weight is 646 g/mol. The lowest BCUT2D eigenvalue weighted by atomic mass is 9.91. The van der Waals surface area contributed by atoms with Crippen molar-refractivity contribution in [3.05, 3.63) is 29.8 Å². The molecule has 0 aliphatic carbocycles. The number of nitrogens with zero attached hydrogens (tertiary/aromatic N) is 1. The number of anilines is 1. The number of ether oxygens (including phenoxy) is 8. The summed E-state index contributed by atoms with van der Waals surface area (Å²) in [6, 6.07) is 6.67. The van der Waals surface area contributed by atoms with Crippen LogP contribution in [-0.2, 0) is 63.5 Å². The Morgan fingerprint density at radius 1 is 1.00 bits per heavy atom. The quantitative estimate of drug-likeness (QED) is 0.134. The van der Waals surface area contributed by atoms with Gasteiger partial charge in [0.2, 0.25) is 5.60 Å². The van der Waals surface area contributed by atoms with Crippen molar-refractivity contribution in [1.29, 1.82) is 0 Å². The van der Waals surface area contributed by atoms with Crippen LogP contribution in [0.3, 0.4) is 0 Å². The Hall–Kier alpha value is -3.70. The Bertz CT molecular complexity index is 1300. The minimum Gasteiger partial charge on any atom is -0.464 e. The van der Waals surface area contributed by atoms with E-state index in [1.807, 2.05) is 4.90 Å². The molecule has 4 rings (SSSR count). The third-order valence-electron chi connectivity index (χ3n) is 8.02. The minimum absolute atomic E-state index is 0.0466. The van der Waals surface area contributed by atoms with Gasteiger partial charge in [-0.2, -0.15) is 0 Å². The first-order chi connectivity index (χ1) is 21.9. The summed E-state index contributed by atoms with van der Waals surface area (Å²) in [5.41, 5.74) is -2.76. The van der Waals surface area contributed by atoms with Crippen LogP contribution in [-0.4, -0.2) is 98.4 Å². The van der Waals surface area contributed by atoms with Crippen molar-refractivity contribution in [2.45, 2.75) is 102 Å². The zero-order chi connectivity index (χ0) is 33.7. The fourth-order valence-corrected chi connectivity index (χ4v) is 6.06. The van der Waals surface area contributed by atoms with Crippen LogP contribution >= 0.6 is 0 Å². The lowest BCUT2D eigenvalue weighted by Gasteiger charge is -2.35. The lowest BCUT2D eigenvalue weighted by Crippen LogP contribution is -2.57. The van der Waals surface area contributed by atoms with Gasteiger partial charge < -0.3 is 42.8 Å². The van der Waals surface area contributed by atoms with Crippen LogP contribution in [0.2, 0.25) is 0 Å². The summed E-state index contributed by atoms with van der Waals surface area (Å²) < 4.78 is 45.5. The van der Waals surface area contributed by atoms with Gasteiger partial charge in [0.15, 0.2) is 18.2 Å². The zero-order valence-corrected chi connectivity index (χ0v) is 27.2. The molecule has 46 heavy (non-hydrogen) atoms. The molecular weight excluding hydrogens is 602 g/mol. The number of rotatable bonds is 13. The Balaban J connectivity index is 1.64. The number of hydrogen-bond donors (Lipinski definition) is 0. The van der Waals surface area contributed by atoms with Gasteiger partial charge in [-0.15, -0.1) is 6.42 Å². The predicted molar refractivity (Wildman–Crippen MR) is 161 cm³/mol. The van der Waals surface area contributed by atoms with Crippen LogP contribution in [0.5, 0.6) is 0 Å². The smallest absolute Gasteiger partial charge is 0.350 e. The molecule has 1 aromatic rings. The molecule has 0 amide bonds. The maximum absolute atomic E-state index is 13.6. The monoisotopic (exact) mass is 645 g/mol. The molecule has 0 bridgehead atoms. The number of carbonyl (C=O) groups is 4. The van der Waals surface area contributed by atoms with Gasteiger partial charge in [-0.1, -0.05) is 18.1 Å². The molecule has 0 aromatic heterocycles. The summed E-state index contributed by atoms with van der Waals surface area (Å²) in [5, 5.41) is 0. The number of esters is 4. The largest absolute Gasteiger partial charge is 0.464 e. The molecule has 0 spiro atoms. The number of benzene rings is 1. The molecular formula is C33H43NO12. The molecule has 13 nitrogen and oxygen atoms in total. The van der Waals surface area contributed by atoms with E-state index in [0.717, 1.165) is 12.1 Å². The topological polar surface area (TPSA) is 145 Å². The van der Waals surface area contributed by atoms with Crippen LogP contribution in [0.25, 0.3) is 0 Å². The zero-order valence-electron chi connectivity index (χ0n) is 27.2. The molecule has 0 N–H and O–H groups in total. The second kappa shape index (κ2) is 14.4. The SMILES string of the molecule is C#C[C@@]1(OC(C)=O)[C@@H](COC(Cc2ccc(N3CCC[C@H]3C(=O)OCC)cc2)(C(=O)OCC)C(=O)OCC)O[C@@H]2OC(C)(C)O[C@@H]21. The summed E-state index contributed by atoms with van der Waals surface area (Å²) in [4.78, 5) is 53.9. The van der Waals surface area contributed by atoms with Crippen LogP contribution < -0.4 is 4.90 Å². The first-order valence-corrected chi connectivity index (χ1v) is 15.5.